The third-order valence-corrected chi connectivity index (χ3v) is 7.00. The summed E-state index contributed by atoms with van der Waals surface area (Å²) in [6.45, 7) is 6.62. The largest absolute Gasteiger partial charge is 0.489 e. The van der Waals surface area contributed by atoms with Crippen LogP contribution in [0.2, 0.25) is 0 Å². The van der Waals surface area contributed by atoms with E-state index in [1.165, 1.54) is 11.1 Å². The van der Waals surface area contributed by atoms with Crippen molar-refractivity contribution in [3.8, 4) is 26.8 Å². The minimum Gasteiger partial charge on any atom is -0.489 e. The van der Waals surface area contributed by atoms with E-state index in [9.17, 15) is 4.79 Å². The molecule has 1 atom stereocenters. The Morgan fingerprint density at radius 1 is 1.11 bits per heavy atom. The van der Waals surface area contributed by atoms with Gasteiger partial charge in [-0.2, -0.15) is 0 Å². The zero-order valence-corrected chi connectivity index (χ0v) is 23.5. The van der Waals surface area contributed by atoms with Gasteiger partial charge < -0.3 is 19.9 Å². The van der Waals surface area contributed by atoms with E-state index in [0.717, 1.165) is 46.1 Å². The molecule has 0 radical (unpaired) electrons. The number of ether oxygens (including phenoxy) is 1. The topological polar surface area (TPSA) is 57.7 Å². The van der Waals surface area contributed by atoms with Gasteiger partial charge in [-0.3, -0.25) is 4.79 Å². The lowest BCUT2D eigenvalue weighted by atomic mass is 9.98. The number of hydrogen-bond donors (Lipinski definition) is 1. The van der Waals surface area contributed by atoms with Gasteiger partial charge in [-0.15, -0.1) is 11.3 Å². The Kier molecular flexibility index (Phi) is 9.90. The first-order valence-corrected chi connectivity index (χ1v) is 13.5. The van der Waals surface area contributed by atoms with E-state index in [4.69, 9.17) is 9.72 Å². The number of carbonyl (C=O) groups excluding carboxylic acids is 1. The maximum Gasteiger partial charge on any atom is 0.234 e. The fourth-order valence-electron chi connectivity index (χ4n) is 4.13. The van der Waals surface area contributed by atoms with Gasteiger partial charge in [-0.05, 0) is 76.5 Å². The average Bonchev–Trinajstić information content (AvgIpc) is 3.31. The van der Waals surface area contributed by atoms with E-state index in [0.29, 0.717) is 6.54 Å². The lowest BCUT2D eigenvalue weighted by Gasteiger charge is -2.20. The number of nitrogens with one attached hydrogen (secondary N) is 1. The quantitative estimate of drug-likeness (QED) is 0.339. The first-order valence-electron chi connectivity index (χ1n) is 12.6. The van der Waals surface area contributed by atoms with E-state index in [1.54, 1.807) is 11.3 Å². The minimum atomic E-state index is 0.0779. The van der Waals surface area contributed by atoms with Gasteiger partial charge in [0.15, 0.2) is 0 Å². The van der Waals surface area contributed by atoms with Crippen LogP contribution in [0, 0.1) is 0 Å². The molecule has 1 aromatic heterocycles. The van der Waals surface area contributed by atoms with Gasteiger partial charge in [0.2, 0.25) is 5.91 Å². The maximum atomic E-state index is 12.2. The molecule has 0 aliphatic heterocycles. The van der Waals surface area contributed by atoms with E-state index in [1.807, 2.05) is 59.2 Å². The van der Waals surface area contributed by atoms with Gasteiger partial charge in [-0.1, -0.05) is 31.2 Å². The second-order valence-electron chi connectivity index (χ2n) is 9.88. The summed E-state index contributed by atoms with van der Waals surface area (Å²) in [4.78, 5) is 22.1. The summed E-state index contributed by atoms with van der Waals surface area (Å²) in [5, 5.41) is 4.17. The van der Waals surface area contributed by atoms with Gasteiger partial charge in [0.1, 0.15) is 10.8 Å². The number of hydrogen-bond acceptors (Lipinski definition) is 6. The highest BCUT2D eigenvalue weighted by atomic mass is 32.1. The normalized spacial score (nSPS) is 12.1. The van der Waals surface area contributed by atoms with Crippen molar-refractivity contribution >= 4 is 22.9 Å². The first-order chi connectivity index (χ1) is 17.2. The SMILES string of the molecule is CCC(CCc1ccccc1-c1cnc(-c2ccc(OC(C)C)c(N(C)C)c2)s1)NC(=O)CN(C)C. The number of aryl methyl sites for hydroxylation is 1. The van der Waals surface area contributed by atoms with Crippen molar-refractivity contribution in [2.24, 2.45) is 0 Å². The summed E-state index contributed by atoms with van der Waals surface area (Å²) in [6.07, 6.45) is 4.81. The molecule has 0 saturated heterocycles. The third-order valence-electron chi connectivity index (χ3n) is 5.92. The van der Waals surface area contributed by atoms with Crippen molar-refractivity contribution in [1.29, 1.82) is 0 Å². The van der Waals surface area contributed by atoms with E-state index < -0.39 is 0 Å². The summed E-state index contributed by atoms with van der Waals surface area (Å²) < 4.78 is 6.00. The molecule has 0 spiro atoms. The fraction of sp³-hybridized carbons (Fsp3) is 0.448. The number of carbonyl (C=O) groups is 1. The molecule has 36 heavy (non-hydrogen) atoms. The highest BCUT2D eigenvalue weighted by Gasteiger charge is 2.16. The number of likely N-dealkylation sites (N-methyl/N-ethyl adjacent to an activating group) is 1. The van der Waals surface area contributed by atoms with Crippen molar-refractivity contribution in [1.82, 2.24) is 15.2 Å². The minimum absolute atomic E-state index is 0.0779. The predicted octanol–water partition coefficient (Wildman–Crippen LogP) is 5.72. The molecule has 7 heteroatoms. The third kappa shape index (κ3) is 7.55. The molecule has 194 valence electrons. The smallest absolute Gasteiger partial charge is 0.234 e. The Hall–Kier alpha value is -2.90. The molecule has 1 unspecified atom stereocenters. The number of aromatic nitrogens is 1. The molecule has 0 aliphatic rings. The summed E-state index contributed by atoms with van der Waals surface area (Å²) >= 11 is 1.71. The number of nitrogens with zero attached hydrogens (tertiary/aromatic N) is 3. The van der Waals surface area contributed by atoms with Crippen molar-refractivity contribution in [2.75, 3.05) is 39.6 Å². The Balaban J connectivity index is 1.79. The molecule has 3 aromatic rings. The molecule has 3 rings (SSSR count). The Labute approximate surface area is 220 Å². The van der Waals surface area contributed by atoms with E-state index >= 15 is 0 Å². The molecule has 1 heterocycles. The van der Waals surface area contributed by atoms with Crippen LogP contribution in [0.15, 0.2) is 48.7 Å². The number of thiazole rings is 1. The zero-order valence-electron chi connectivity index (χ0n) is 22.7. The number of anilines is 1. The van der Waals surface area contributed by atoms with Crippen LogP contribution in [0.25, 0.3) is 21.0 Å². The van der Waals surface area contributed by atoms with Gasteiger partial charge >= 0.3 is 0 Å². The Bertz CT molecular complexity index is 1140. The molecule has 0 bridgehead atoms. The molecule has 1 amide bonds. The highest BCUT2D eigenvalue weighted by molar-refractivity contribution is 7.18. The van der Waals surface area contributed by atoms with Gasteiger partial charge in [0, 0.05) is 31.9 Å². The number of amides is 1. The molecular weight excluding hydrogens is 468 g/mol. The van der Waals surface area contributed by atoms with Crippen LogP contribution in [0.4, 0.5) is 5.69 Å². The number of benzene rings is 2. The van der Waals surface area contributed by atoms with Crippen LogP contribution >= 0.6 is 11.3 Å². The van der Waals surface area contributed by atoms with E-state index in [2.05, 4.69) is 53.5 Å². The molecule has 0 aliphatic carbocycles. The highest BCUT2D eigenvalue weighted by Crippen LogP contribution is 2.38. The first kappa shape index (κ1) is 27.7. The molecule has 1 N–H and O–H groups in total. The van der Waals surface area contributed by atoms with Gasteiger partial charge in [0.05, 0.1) is 23.2 Å². The van der Waals surface area contributed by atoms with Crippen LogP contribution in [-0.2, 0) is 11.2 Å². The van der Waals surface area contributed by atoms with Crippen LogP contribution in [0.3, 0.4) is 0 Å². The van der Waals surface area contributed by atoms with E-state index in [-0.39, 0.29) is 18.1 Å². The number of rotatable bonds is 12. The van der Waals surface area contributed by atoms with Gasteiger partial charge in [0.25, 0.3) is 0 Å². The van der Waals surface area contributed by atoms with Crippen molar-refractivity contribution in [3.63, 3.8) is 0 Å². The standard InChI is InChI=1S/C29H40N4O2S/c1-8-23(31-28(34)19-32(4)5)15-13-21-11-9-10-12-24(21)27-18-30-29(36-27)22-14-16-26(35-20(2)3)25(17-22)33(6)7/h9-12,14,16-18,20,23H,8,13,15,19H2,1-7H3,(H,31,34). The van der Waals surface area contributed by atoms with Crippen LogP contribution in [-0.4, -0.2) is 62.7 Å². The fourth-order valence-corrected chi connectivity index (χ4v) is 5.11. The molecule has 2 aromatic carbocycles. The average molecular weight is 509 g/mol. The zero-order chi connectivity index (χ0) is 26.2. The molecular formula is C29H40N4O2S. The summed E-state index contributed by atoms with van der Waals surface area (Å²) in [7, 11) is 7.88. The van der Waals surface area contributed by atoms with Crippen molar-refractivity contribution in [2.45, 2.75) is 52.2 Å². The second kappa shape index (κ2) is 12.9. The van der Waals surface area contributed by atoms with Gasteiger partial charge in [-0.25, -0.2) is 4.98 Å². The van der Waals surface area contributed by atoms with Crippen molar-refractivity contribution in [3.05, 3.63) is 54.2 Å². The molecule has 0 saturated carbocycles. The summed E-state index contributed by atoms with van der Waals surface area (Å²) in [6, 6.07) is 15.0. The van der Waals surface area contributed by atoms with Crippen LogP contribution < -0.4 is 15.0 Å². The van der Waals surface area contributed by atoms with Crippen LogP contribution in [0.5, 0.6) is 5.75 Å². The lowest BCUT2D eigenvalue weighted by Crippen LogP contribution is -2.40. The summed E-state index contributed by atoms with van der Waals surface area (Å²) in [5.41, 5.74) is 4.62. The second-order valence-corrected chi connectivity index (χ2v) is 10.9. The summed E-state index contributed by atoms with van der Waals surface area (Å²) in [5.74, 6) is 0.957. The molecule has 0 fully saturated rings. The maximum absolute atomic E-state index is 12.2. The predicted molar refractivity (Wildman–Crippen MR) is 152 cm³/mol. The Morgan fingerprint density at radius 2 is 1.86 bits per heavy atom. The monoisotopic (exact) mass is 508 g/mol. The molecule has 6 nitrogen and oxygen atoms in total. The van der Waals surface area contributed by atoms with Crippen molar-refractivity contribution < 1.29 is 9.53 Å². The van der Waals surface area contributed by atoms with Crippen LogP contribution in [0.1, 0.15) is 39.2 Å². The Morgan fingerprint density at radius 3 is 2.53 bits per heavy atom. The lowest BCUT2D eigenvalue weighted by molar-refractivity contribution is -0.122.